The van der Waals surface area contributed by atoms with Gasteiger partial charge >= 0.3 is 0 Å². The molecule has 1 aromatic heterocycles. The van der Waals surface area contributed by atoms with Gasteiger partial charge in [-0.25, -0.2) is 0 Å². The number of nitrogens with two attached hydrogens (primary N) is 1. The molecule has 0 radical (unpaired) electrons. The van der Waals surface area contributed by atoms with Crippen molar-refractivity contribution in [2.45, 2.75) is 31.0 Å². The summed E-state index contributed by atoms with van der Waals surface area (Å²) in [4.78, 5) is 0. The summed E-state index contributed by atoms with van der Waals surface area (Å²) in [5, 5.41) is 19.0. The number of hydrogen-bond acceptors (Lipinski definition) is 6. The fourth-order valence-corrected chi connectivity index (χ4v) is 2.98. The molecule has 0 amide bonds. The molecule has 0 spiro atoms. The molecule has 0 saturated carbocycles. The smallest absolute Gasteiger partial charge is 0.195 e. The Hall–Kier alpha value is -1.57. The van der Waals surface area contributed by atoms with Gasteiger partial charge in [0, 0.05) is 17.9 Å². The summed E-state index contributed by atoms with van der Waals surface area (Å²) < 4.78 is 7.17. The molecule has 0 aliphatic rings. The summed E-state index contributed by atoms with van der Waals surface area (Å²) >= 11 is 1.50. The van der Waals surface area contributed by atoms with E-state index in [1.165, 1.54) is 11.8 Å². The lowest BCUT2D eigenvalue weighted by Gasteiger charge is -2.11. The maximum Gasteiger partial charge on any atom is 0.195 e. The van der Waals surface area contributed by atoms with Gasteiger partial charge in [0.25, 0.3) is 0 Å². The van der Waals surface area contributed by atoms with Crippen LogP contribution in [0.5, 0.6) is 5.75 Å². The minimum absolute atomic E-state index is 0.344. The second-order valence-corrected chi connectivity index (χ2v) is 5.83. The van der Waals surface area contributed by atoms with Crippen LogP contribution in [-0.4, -0.2) is 45.4 Å². The first-order valence-corrected chi connectivity index (χ1v) is 8.27. The number of ether oxygens (including phenoxy) is 1. The summed E-state index contributed by atoms with van der Waals surface area (Å²) in [5.41, 5.74) is 6.62. The maximum absolute atomic E-state index is 9.74. The van der Waals surface area contributed by atoms with E-state index in [-0.39, 0.29) is 6.10 Å². The van der Waals surface area contributed by atoms with Gasteiger partial charge in [0.15, 0.2) is 5.16 Å². The van der Waals surface area contributed by atoms with Crippen molar-refractivity contribution in [3.05, 3.63) is 30.1 Å². The average molecular weight is 322 g/mol. The highest BCUT2D eigenvalue weighted by molar-refractivity contribution is 7.99. The Kier molecular flexibility index (Phi) is 6.23. The average Bonchev–Trinajstić information content (AvgIpc) is 2.95. The Labute approximate surface area is 134 Å². The highest BCUT2D eigenvalue weighted by Gasteiger charge is 2.15. The number of aliphatic hydroxyl groups excluding tert-OH is 1. The van der Waals surface area contributed by atoms with Crippen LogP contribution in [0.2, 0.25) is 0 Å². The SMILES string of the molecule is CCC(O)CSc1nnc(CCN)n1-c1ccc(OC)cc1. The Morgan fingerprint density at radius 1 is 1.32 bits per heavy atom. The molecule has 3 N–H and O–H groups in total. The first-order chi connectivity index (χ1) is 10.7. The zero-order chi connectivity index (χ0) is 15.9. The summed E-state index contributed by atoms with van der Waals surface area (Å²) in [5.74, 6) is 2.21. The second-order valence-electron chi connectivity index (χ2n) is 4.84. The monoisotopic (exact) mass is 322 g/mol. The molecule has 1 unspecified atom stereocenters. The Morgan fingerprint density at radius 3 is 2.64 bits per heavy atom. The zero-order valence-corrected chi connectivity index (χ0v) is 13.7. The largest absolute Gasteiger partial charge is 0.497 e. The van der Waals surface area contributed by atoms with Crippen molar-refractivity contribution >= 4 is 11.8 Å². The van der Waals surface area contributed by atoms with Gasteiger partial charge in [-0.05, 0) is 37.2 Å². The molecule has 120 valence electrons. The molecular weight excluding hydrogens is 300 g/mol. The Balaban J connectivity index is 2.30. The Morgan fingerprint density at radius 2 is 2.05 bits per heavy atom. The molecular formula is C15H22N4O2S. The summed E-state index contributed by atoms with van der Waals surface area (Å²) in [6.45, 7) is 2.47. The van der Waals surface area contributed by atoms with Crippen LogP contribution in [0.4, 0.5) is 0 Å². The van der Waals surface area contributed by atoms with Crippen molar-refractivity contribution in [2.75, 3.05) is 19.4 Å². The number of rotatable bonds is 8. The van der Waals surface area contributed by atoms with Crippen molar-refractivity contribution in [1.29, 1.82) is 0 Å². The molecule has 1 atom stereocenters. The topological polar surface area (TPSA) is 86.2 Å². The van der Waals surface area contributed by atoms with Gasteiger partial charge in [-0.15, -0.1) is 10.2 Å². The van der Waals surface area contributed by atoms with Crippen molar-refractivity contribution < 1.29 is 9.84 Å². The standard InChI is InChI=1S/C15H22N4O2S/c1-3-12(20)10-22-15-18-17-14(8-9-16)19(15)11-4-6-13(21-2)7-5-11/h4-7,12,20H,3,8-10,16H2,1-2H3. The van der Waals surface area contributed by atoms with Crippen LogP contribution in [0.25, 0.3) is 5.69 Å². The van der Waals surface area contributed by atoms with E-state index >= 15 is 0 Å². The van der Waals surface area contributed by atoms with Crippen LogP contribution in [-0.2, 0) is 6.42 Å². The fraction of sp³-hybridized carbons (Fsp3) is 0.467. The van der Waals surface area contributed by atoms with E-state index in [2.05, 4.69) is 10.2 Å². The predicted octanol–water partition coefficient (Wildman–Crippen LogP) is 1.64. The van der Waals surface area contributed by atoms with Crippen molar-refractivity contribution in [3.63, 3.8) is 0 Å². The number of thioether (sulfide) groups is 1. The number of aliphatic hydroxyl groups is 1. The highest BCUT2D eigenvalue weighted by atomic mass is 32.2. The molecule has 22 heavy (non-hydrogen) atoms. The van der Waals surface area contributed by atoms with Gasteiger partial charge in [0.1, 0.15) is 11.6 Å². The van der Waals surface area contributed by atoms with Crippen LogP contribution < -0.4 is 10.5 Å². The first kappa shape index (κ1) is 16.8. The first-order valence-electron chi connectivity index (χ1n) is 7.29. The van der Waals surface area contributed by atoms with E-state index < -0.39 is 0 Å². The van der Waals surface area contributed by atoms with Crippen molar-refractivity contribution in [1.82, 2.24) is 14.8 Å². The van der Waals surface area contributed by atoms with E-state index in [1.54, 1.807) is 7.11 Å². The maximum atomic E-state index is 9.74. The van der Waals surface area contributed by atoms with Crippen LogP contribution in [0.3, 0.4) is 0 Å². The zero-order valence-electron chi connectivity index (χ0n) is 12.9. The minimum Gasteiger partial charge on any atom is -0.497 e. The molecule has 1 aromatic carbocycles. The molecule has 0 saturated heterocycles. The summed E-state index contributed by atoms with van der Waals surface area (Å²) in [6, 6.07) is 7.72. The molecule has 1 heterocycles. The van der Waals surface area contributed by atoms with Crippen molar-refractivity contribution in [3.8, 4) is 11.4 Å². The van der Waals surface area contributed by atoms with E-state index in [9.17, 15) is 5.11 Å². The van der Waals surface area contributed by atoms with E-state index in [4.69, 9.17) is 10.5 Å². The minimum atomic E-state index is -0.344. The van der Waals surface area contributed by atoms with Crippen LogP contribution >= 0.6 is 11.8 Å². The van der Waals surface area contributed by atoms with Gasteiger partial charge < -0.3 is 15.6 Å². The summed E-state index contributed by atoms with van der Waals surface area (Å²) in [7, 11) is 1.64. The molecule has 0 aliphatic carbocycles. The normalized spacial score (nSPS) is 12.4. The summed E-state index contributed by atoms with van der Waals surface area (Å²) in [6.07, 6.45) is 1.03. The molecule has 0 aliphatic heterocycles. The number of nitrogens with zero attached hydrogens (tertiary/aromatic N) is 3. The second kappa shape index (κ2) is 8.17. The van der Waals surface area contributed by atoms with Gasteiger partial charge in [-0.1, -0.05) is 18.7 Å². The molecule has 0 fully saturated rings. The highest BCUT2D eigenvalue weighted by Crippen LogP contribution is 2.24. The van der Waals surface area contributed by atoms with Crippen LogP contribution in [0.15, 0.2) is 29.4 Å². The third kappa shape index (κ3) is 4.00. The van der Waals surface area contributed by atoms with Crippen molar-refractivity contribution in [2.24, 2.45) is 5.73 Å². The van der Waals surface area contributed by atoms with Gasteiger partial charge in [0.05, 0.1) is 13.2 Å². The molecule has 0 bridgehead atoms. The molecule has 2 rings (SSSR count). The number of methoxy groups -OCH3 is 1. The van der Waals surface area contributed by atoms with Gasteiger partial charge in [0.2, 0.25) is 0 Å². The van der Waals surface area contributed by atoms with E-state index in [0.717, 1.165) is 28.8 Å². The van der Waals surface area contributed by atoms with Crippen LogP contribution in [0, 0.1) is 0 Å². The van der Waals surface area contributed by atoms with Gasteiger partial charge in [-0.3, -0.25) is 4.57 Å². The number of hydrogen-bond donors (Lipinski definition) is 2. The fourth-order valence-electron chi connectivity index (χ4n) is 1.96. The predicted molar refractivity (Wildman–Crippen MR) is 87.7 cm³/mol. The molecule has 7 heteroatoms. The lowest BCUT2D eigenvalue weighted by atomic mass is 10.3. The van der Waals surface area contributed by atoms with Crippen LogP contribution in [0.1, 0.15) is 19.2 Å². The molecule has 6 nitrogen and oxygen atoms in total. The number of aromatic nitrogens is 3. The number of benzene rings is 1. The van der Waals surface area contributed by atoms with Gasteiger partial charge in [-0.2, -0.15) is 0 Å². The molecule has 2 aromatic rings. The Bertz CT molecular complexity index is 586. The van der Waals surface area contributed by atoms with E-state index in [1.807, 2.05) is 35.8 Å². The third-order valence-corrected chi connectivity index (χ3v) is 4.35. The lowest BCUT2D eigenvalue weighted by Crippen LogP contribution is -2.11. The van der Waals surface area contributed by atoms with E-state index in [0.29, 0.717) is 18.7 Å². The quantitative estimate of drug-likeness (QED) is 0.719. The third-order valence-electron chi connectivity index (χ3n) is 3.28. The lowest BCUT2D eigenvalue weighted by molar-refractivity contribution is 0.195.